The molecule has 0 saturated carbocycles. The molecular formula is C10H16NO6P2+. The molecule has 3 atom stereocenters. The third-order valence-electron chi connectivity index (χ3n) is 2.31. The Hall–Kier alpha value is -0.680. The second-order valence-electron chi connectivity index (χ2n) is 3.88. The van der Waals surface area contributed by atoms with E-state index in [9.17, 15) is 14.6 Å². The summed E-state index contributed by atoms with van der Waals surface area (Å²) in [4.78, 5) is 29.0. The fraction of sp³-hybridized carbons (Fsp3) is 0.500. The Morgan fingerprint density at radius 1 is 1.63 bits per heavy atom. The summed E-state index contributed by atoms with van der Waals surface area (Å²) in [6.45, 7) is 1.98. The van der Waals surface area contributed by atoms with Gasteiger partial charge in [0.15, 0.2) is 11.9 Å². The lowest BCUT2D eigenvalue weighted by atomic mass is 10.4. The number of pyridine rings is 1. The van der Waals surface area contributed by atoms with Crippen molar-refractivity contribution in [3.8, 4) is 5.75 Å². The second kappa shape index (κ2) is 7.20. The molecule has 1 aromatic heterocycles. The molecule has 0 radical (unpaired) electrons. The first kappa shape index (κ1) is 16.4. The van der Waals surface area contributed by atoms with Gasteiger partial charge in [-0.3, -0.25) is 0 Å². The normalized spacial score (nSPS) is 16.6. The molecule has 0 fully saturated rings. The van der Waals surface area contributed by atoms with Gasteiger partial charge in [-0.15, -0.1) is 0 Å². The molecule has 0 saturated heterocycles. The number of hydrogen-bond donors (Lipinski definition) is 3. The van der Waals surface area contributed by atoms with E-state index < -0.39 is 28.0 Å². The van der Waals surface area contributed by atoms with E-state index in [1.807, 2.05) is 6.92 Å². The van der Waals surface area contributed by atoms with Crippen LogP contribution < -0.4 is 14.2 Å². The summed E-state index contributed by atoms with van der Waals surface area (Å²) < 4.78 is 17.7. The SMILES string of the molecule is CCCOc1ccc[n+](CC(O)(P([O-])O)[P+](=O)O)c1. The molecule has 0 bridgehead atoms. The van der Waals surface area contributed by atoms with Crippen LogP contribution >= 0.6 is 16.4 Å². The van der Waals surface area contributed by atoms with Crippen LogP contribution in [-0.4, -0.2) is 26.6 Å². The van der Waals surface area contributed by atoms with Crippen LogP contribution in [0.5, 0.6) is 5.75 Å². The molecule has 1 rings (SSSR count). The minimum atomic E-state index is -3.22. The van der Waals surface area contributed by atoms with Gasteiger partial charge < -0.3 is 19.6 Å². The Balaban J connectivity index is 2.88. The number of aliphatic hydroxyl groups is 1. The van der Waals surface area contributed by atoms with Crippen molar-refractivity contribution in [1.29, 1.82) is 0 Å². The van der Waals surface area contributed by atoms with E-state index in [2.05, 4.69) is 0 Å². The van der Waals surface area contributed by atoms with E-state index in [1.165, 1.54) is 17.0 Å². The molecule has 7 nitrogen and oxygen atoms in total. The van der Waals surface area contributed by atoms with Crippen LogP contribution in [0.3, 0.4) is 0 Å². The zero-order valence-corrected chi connectivity index (χ0v) is 12.1. The summed E-state index contributed by atoms with van der Waals surface area (Å²) in [7, 11) is -6.44. The largest absolute Gasteiger partial charge is 0.803 e. The molecule has 0 amide bonds. The number of ether oxygens (including phenoxy) is 1. The molecule has 106 valence electrons. The highest BCUT2D eigenvalue weighted by Crippen LogP contribution is 2.51. The molecule has 0 spiro atoms. The molecule has 0 aliphatic rings. The summed E-state index contributed by atoms with van der Waals surface area (Å²) in [5.74, 6) is 0.507. The highest BCUT2D eigenvalue weighted by Gasteiger charge is 2.54. The van der Waals surface area contributed by atoms with E-state index in [-0.39, 0.29) is 0 Å². The van der Waals surface area contributed by atoms with Crippen LogP contribution in [0.15, 0.2) is 24.5 Å². The molecule has 19 heavy (non-hydrogen) atoms. The van der Waals surface area contributed by atoms with Crippen molar-refractivity contribution in [1.82, 2.24) is 0 Å². The van der Waals surface area contributed by atoms with Crippen LogP contribution in [0.1, 0.15) is 13.3 Å². The fourth-order valence-electron chi connectivity index (χ4n) is 1.34. The number of hydrogen-bond acceptors (Lipinski definition) is 5. The first-order chi connectivity index (χ1) is 8.90. The zero-order valence-electron chi connectivity index (χ0n) is 10.3. The molecule has 0 aliphatic heterocycles. The molecule has 9 heteroatoms. The summed E-state index contributed by atoms with van der Waals surface area (Å²) in [5.41, 5.74) is 0. The van der Waals surface area contributed by atoms with Gasteiger partial charge in [0.2, 0.25) is 12.7 Å². The van der Waals surface area contributed by atoms with Crippen LogP contribution in [0, 0.1) is 0 Å². The Bertz CT molecular complexity index is 444. The molecule has 0 aromatic carbocycles. The van der Waals surface area contributed by atoms with Gasteiger partial charge in [-0.2, -0.15) is 9.46 Å². The molecule has 3 N–H and O–H groups in total. The quantitative estimate of drug-likeness (QED) is 0.475. The van der Waals surface area contributed by atoms with Gasteiger partial charge in [-0.25, -0.2) is 0 Å². The maximum atomic E-state index is 11.0. The monoisotopic (exact) mass is 308 g/mol. The average Bonchev–Trinajstić information content (AvgIpc) is 2.36. The summed E-state index contributed by atoms with van der Waals surface area (Å²) in [5, 5.41) is 7.19. The van der Waals surface area contributed by atoms with Crippen molar-refractivity contribution in [2.24, 2.45) is 0 Å². The van der Waals surface area contributed by atoms with E-state index in [0.29, 0.717) is 12.4 Å². The predicted octanol–water partition coefficient (Wildman–Crippen LogP) is -0.192. The number of nitrogens with zero attached hydrogens (tertiary/aromatic N) is 1. The van der Waals surface area contributed by atoms with Crippen molar-refractivity contribution >= 4 is 16.4 Å². The Morgan fingerprint density at radius 3 is 2.84 bits per heavy atom. The van der Waals surface area contributed by atoms with Crippen molar-refractivity contribution in [3.05, 3.63) is 24.5 Å². The van der Waals surface area contributed by atoms with Crippen LogP contribution in [-0.2, 0) is 11.1 Å². The Morgan fingerprint density at radius 2 is 2.32 bits per heavy atom. The highest BCUT2D eigenvalue weighted by atomic mass is 31.2. The van der Waals surface area contributed by atoms with E-state index in [4.69, 9.17) is 14.5 Å². The standard InChI is InChI=1S/C10H15NO6P2/c1-2-6-17-9-4-3-5-11(7-9)8-10(12,18(13)14)19(15)16/h3-5,7,12-13H,2,6,8H2,1H3/p+1. The minimum Gasteiger partial charge on any atom is -0.803 e. The van der Waals surface area contributed by atoms with Crippen molar-refractivity contribution in [2.45, 2.75) is 25.0 Å². The third kappa shape index (κ3) is 4.42. The summed E-state index contributed by atoms with van der Waals surface area (Å²) in [6, 6.07) is 3.30. The zero-order chi connectivity index (χ0) is 14.5. The van der Waals surface area contributed by atoms with E-state index >= 15 is 0 Å². The topological polar surface area (TPSA) is 114 Å². The van der Waals surface area contributed by atoms with Gasteiger partial charge in [0.05, 0.1) is 6.61 Å². The lowest BCUT2D eigenvalue weighted by molar-refractivity contribution is -0.703. The third-order valence-corrected chi connectivity index (χ3v) is 4.85. The first-order valence-corrected chi connectivity index (χ1v) is 7.99. The predicted molar refractivity (Wildman–Crippen MR) is 66.3 cm³/mol. The van der Waals surface area contributed by atoms with Gasteiger partial charge in [0.1, 0.15) is 0 Å². The average molecular weight is 308 g/mol. The maximum Gasteiger partial charge on any atom is 0.553 e. The van der Waals surface area contributed by atoms with Gasteiger partial charge in [0, 0.05) is 14.4 Å². The van der Waals surface area contributed by atoms with Crippen molar-refractivity contribution < 1.29 is 33.7 Å². The van der Waals surface area contributed by atoms with Crippen LogP contribution in [0.25, 0.3) is 0 Å². The highest BCUT2D eigenvalue weighted by molar-refractivity contribution is 7.61. The lowest BCUT2D eigenvalue weighted by Crippen LogP contribution is -2.46. The maximum absolute atomic E-state index is 11.0. The smallest absolute Gasteiger partial charge is 0.553 e. The molecule has 3 unspecified atom stereocenters. The van der Waals surface area contributed by atoms with Crippen LogP contribution in [0.2, 0.25) is 0 Å². The first-order valence-electron chi connectivity index (χ1n) is 5.57. The number of aromatic nitrogens is 1. The lowest BCUT2D eigenvalue weighted by Gasteiger charge is -2.22. The van der Waals surface area contributed by atoms with Crippen molar-refractivity contribution in [2.75, 3.05) is 6.61 Å². The van der Waals surface area contributed by atoms with E-state index in [0.717, 1.165) is 6.42 Å². The molecule has 1 heterocycles. The van der Waals surface area contributed by atoms with Gasteiger partial charge >= 0.3 is 13.1 Å². The molecule has 0 aliphatic carbocycles. The summed E-state index contributed by atoms with van der Waals surface area (Å²) >= 11 is 0. The molecular weight excluding hydrogens is 292 g/mol. The number of rotatable bonds is 7. The van der Waals surface area contributed by atoms with E-state index in [1.54, 1.807) is 12.1 Å². The Kier molecular flexibility index (Phi) is 6.20. The second-order valence-corrected chi connectivity index (χ2v) is 6.80. The fourth-order valence-corrected chi connectivity index (χ4v) is 2.49. The van der Waals surface area contributed by atoms with Crippen molar-refractivity contribution in [3.63, 3.8) is 0 Å². The summed E-state index contributed by atoms with van der Waals surface area (Å²) in [6.07, 6.45) is 3.81. The molecule has 1 aromatic rings. The van der Waals surface area contributed by atoms with Gasteiger partial charge in [-0.1, -0.05) is 6.92 Å². The van der Waals surface area contributed by atoms with Crippen LogP contribution in [0.4, 0.5) is 0 Å². The van der Waals surface area contributed by atoms with Gasteiger partial charge in [-0.05, 0) is 17.1 Å². The Labute approximate surface area is 112 Å². The van der Waals surface area contributed by atoms with Gasteiger partial charge in [0.25, 0.3) is 0 Å². The minimum absolute atomic E-state index is 0.478.